The van der Waals surface area contributed by atoms with E-state index in [0.29, 0.717) is 6.04 Å². The second-order valence-electron chi connectivity index (χ2n) is 7.69. The maximum absolute atomic E-state index is 4.26. The van der Waals surface area contributed by atoms with E-state index in [-0.39, 0.29) is 0 Å². The largest absolute Gasteiger partial charge is 0.386 e. The summed E-state index contributed by atoms with van der Waals surface area (Å²) in [6, 6.07) is 7.32. The van der Waals surface area contributed by atoms with Gasteiger partial charge in [0.05, 0.1) is 0 Å². The van der Waals surface area contributed by atoms with Crippen LogP contribution in [-0.4, -0.2) is 6.04 Å². The first-order valence-corrected chi connectivity index (χ1v) is 12.2. The molecule has 0 radical (unpaired) electrons. The molecule has 1 saturated carbocycles. The number of hydrogen-bond acceptors (Lipinski definition) is 1. The lowest BCUT2D eigenvalue weighted by Gasteiger charge is -2.25. The van der Waals surface area contributed by atoms with Gasteiger partial charge >= 0.3 is 0 Å². The second kappa shape index (κ2) is 17.4. The summed E-state index contributed by atoms with van der Waals surface area (Å²) in [6.07, 6.45) is 18.1. The summed E-state index contributed by atoms with van der Waals surface area (Å²) in [5, 5.41) is 3.65. The van der Waals surface area contributed by atoms with Crippen LogP contribution in [0.3, 0.4) is 0 Å². The van der Waals surface area contributed by atoms with E-state index in [0.717, 1.165) is 17.7 Å². The molecule has 0 spiro atoms. The van der Waals surface area contributed by atoms with Crippen molar-refractivity contribution in [1.29, 1.82) is 0 Å². The van der Waals surface area contributed by atoms with Crippen molar-refractivity contribution in [3.05, 3.63) is 89.2 Å². The monoisotopic (exact) mass is 421 g/mol. The SMILES string of the molecule is C=C(Cc1ccc(C)c(/C=C/C=C\C(=C/C)C(=C)C)c1)NC1CCCCC1.CC.CC. The molecule has 1 heteroatoms. The van der Waals surface area contributed by atoms with Crippen molar-refractivity contribution in [1.82, 2.24) is 5.32 Å². The smallest absolute Gasteiger partial charge is 0.0258 e. The summed E-state index contributed by atoms with van der Waals surface area (Å²) in [4.78, 5) is 0. The normalized spacial score (nSPS) is 14.5. The van der Waals surface area contributed by atoms with Gasteiger partial charge < -0.3 is 5.32 Å². The first-order valence-electron chi connectivity index (χ1n) is 12.2. The zero-order chi connectivity index (χ0) is 23.6. The van der Waals surface area contributed by atoms with Crippen molar-refractivity contribution >= 4 is 6.08 Å². The van der Waals surface area contributed by atoms with E-state index in [1.54, 1.807) is 0 Å². The van der Waals surface area contributed by atoms with E-state index in [4.69, 9.17) is 0 Å². The van der Waals surface area contributed by atoms with Gasteiger partial charge in [-0.15, -0.1) is 0 Å². The van der Waals surface area contributed by atoms with Crippen LogP contribution >= 0.6 is 0 Å². The average Bonchev–Trinajstić information content (AvgIpc) is 2.79. The Kier molecular flexibility index (Phi) is 16.1. The molecular weight excluding hydrogens is 374 g/mol. The Labute approximate surface area is 193 Å². The Bertz CT molecular complexity index is 740. The number of nitrogens with one attached hydrogen (secondary N) is 1. The lowest BCUT2D eigenvalue weighted by molar-refractivity contribution is 0.395. The van der Waals surface area contributed by atoms with Gasteiger partial charge in [-0.2, -0.15) is 0 Å². The highest BCUT2D eigenvalue weighted by Crippen LogP contribution is 2.20. The number of allylic oxidation sites excluding steroid dienone is 7. The predicted molar refractivity (Wildman–Crippen MR) is 143 cm³/mol. The molecule has 1 N–H and O–H groups in total. The molecule has 1 nitrogen and oxygen atoms in total. The van der Waals surface area contributed by atoms with Crippen LogP contribution in [0.1, 0.15) is 90.3 Å². The van der Waals surface area contributed by atoms with Gasteiger partial charge in [0.25, 0.3) is 0 Å². The summed E-state index contributed by atoms with van der Waals surface area (Å²) in [6.45, 7) is 22.5. The minimum absolute atomic E-state index is 0.621. The highest BCUT2D eigenvalue weighted by atomic mass is 14.9. The van der Waals surface area contributed by atoms with E-state index in [2.05, 4.69) is 74.0 Å². The minimum Gasteiger partial charge on any atom is -0.386 e. The van der Waals surface area contributed by atoms with E-state index < -0.39 is 0 Å². The van der Waals surface area contributed by atoms with Crippen molar-refractivity contribution in [2.24, 2.45) is 0 Å². The summed E-state index contributed by atoms with van der Waals surface area (Å²) in [5.74, 6) is 0. The fourth-order valence-electron chi connectivity index (χ4n) is 3.62. The summed E-state index contributed by atoms with van der Waals surface area (Å²) in [5.41, 5.74) is 7.27. The minimum atomic E-state index is 0.621. The van der Waals surface area contributed by atoms with Gasteiger partial charge in [0, 0.05) is 18.2 Å². The van der Waals surface area contributed by atoms with Gasteiger partial charge in [-0.05, 0) is 55.9 Å². The quantitative estimate of drug-likeness (QED) is 0.413. The number of rotatable bonds is 8. The van der Waals surface area contributed by atoms with E-state index in [1.165, 1.54) is 54.4 Å². The third-order valence-electron chi connectivity index (χ3n) is 5.24. The van der Waals surface area contributed by atoms with Gasteiger partial charge in [0.2, 0.25) is 0 Å². The average molecular weight is 422 g/mol. The van der Waals surface area contributed by atoms with Crippen molar-refractivity contribution < 1.29 is 0 Å². The van der Waals surface area contributed by atoms with Gasteiger partial charge in [0.15, 0.2) is 0 Å². The Balaban J connectivity index is 0.00000212. The van der Waals surface area contributed by atoms with Crippen molar-refractivity contribution in [3.8, 4) is 0 Å². The predicted octanol–water partition coefficient (Wildman–Crippen LogP) is 9.12. The molecule has 0 amide bonds. The molecule has 1 aliphatic rings. The molecule has 0 aliphatic heterocycles. The molecule has 1 aromatic carbocycles. The standard InChI is InChI=1S/C26H35N.2C2H6/c1-6-24(20(2)3)12-10-11-13-25-19-23(17-16-21(25)4)18-22(5)27-26-14-8-7-9-15-26;2*1-2/h6,10-13,16-17,19,26-27H,2,5,7-9,14-15,18H2,1,3-4H3;2*1-2H3/b12-10-,13-11+,24-6+;;. The first-order chi connectivity index (χ1) is 15.0. The summed E-state index contributed by atoms with van der Waals surface area (Å²) >= 11 is 0. The third kappa shape index (κ3) is 11.6. The maximum Gasteiger partial charge on any atom is 0.0258 e. The number of aryl methyl sites for hydroxylation is 1. The van der Waals surface area contributed by atoms with E-state index in [1.807, 2.05) is 41.5 Å². The van der Waals surface area contributed by atoms with Gasteiger partial charge in [0.1, 0.15) is 0 Å². The van der Waals surface area contributed by atoms with Crippen LogP contribution in [0.25, 0.3) is 6.08 Å². The molecule has 2 rings (SSSR count). The first kappa shape index (κ1) is 28.7. The highest BCUT2D eigenvalue weighted by molar-refractivity contribution is 5.57. The Hall–Kier alpha value is -2.28. The molecule has 0 unspecified atom stereocenters. The van der Waals surface area contributed by atoms with Gasteiger partial charge in [-0.1, -0.05) is 114 Å². The van der Waals surface area contributed by atoms with Crippen LogP contribution in [0, 0.1) is 6.92 Å². The van der Waals surface area contributed by atoms with E-state index in [9.17, 15) is 0 Å². The van der Waals surface area contributed by atoms with Gasteiger partial charge in [-0.25, -0.2) is 0 Å². The van der Waals surface area contributed by atoms with Crippen molar-refractivity contribution in [2.75, 3.05) is 0 Å². The van der Waals surface area contributed by atoms with Crippen LogP contribution in [0.15, 0.2) is 72.5 Å². The highest BCUT2D eigenvalue weighted by Gasteiger charge is 2.13. The molecule has 1 aliphatic carbocycles. The lowest BCUT2D eigenvalue weighted by atomic mass is 9.95. The zero-order valence-electron chi connectivity index (χ0n) is 21.4. The zero-order valence-corrected chi connectivity index (χ0v) is 21.4. The van der Waals surface area contributed by atoms with Crippen LogP contribution in [0.5, 0.6) is 0 Å². The van der Waals surface area contributed by atoms with Gasteiger partial charge in [-0.3, -0.25) is 0 Å². The molecule has 0 aromatic heterocycles. The third-order valence-corrected chi connectivity index (χ3v) is 5.24. The van der Waals surface area contributed by atoms with Crippen LogP contribution < -0.4 is 5.32 Å². The van der Waals surface area contributed by atoms with Crippen LogP contribution in [0.4, 0.5) is 0 Å². The summed E-state index contributed by atoms with van der Waals surface area (Å²) < 4.78 is 0. The van der Waals surface area contributed by atoms with Crippen molar-refractivity contribution in [2.45, 2.75) is 93.0 Å². The maximum atomic E-state index is 4.26. The topological polar surface area (TPSA) is 12.0 Å². The summed E-state index contributed by atoms with van der Waals surface area (Å²) in [7, 11) is 0. The fraction of sp³-hybridized carbons (Fsp3) is 0.467. The second-order valence-corrected chi connectivity index (χ2v) is 7.69. The molecule has 0 atom stereocenters. The molecule has 172 valence electrons. The molecule has 31 heavy (non-hydrogen) atoms. The lowest BCUT2D eigenvalue weighted by Crippen LogP contribution is -2.30. The van der Waals surface area contributed by atoms with Crippen LogP contribution in [0.2, 0.25) is 0 Å². The van der Waals surface area contributed by atoms with Crippen LogP contribution in [-0.2, 0) is 6.42 Å². The molecule has 0 saturated heterocycles. The Morgan fingerprint density at radius 3 is 2.26 bits per heavy atom. The fourth-order valence-corrected chi connectivity index (χ4v) is 3.62. The molecule has 0 bridgehead atoms. The number of benzene rings is 1. The number of hydrogen-bond donors (Lipinski definition) is 1. The molecule has 0 heterocycles. The van der Waals surface area contributed by atoms with E-state index >= 15 is 0 Å². The Morgan fingerprint density at radius 2 is 1.68 bits per heavy atom. The Morgan fingerprint density at radius 1 is 1.03 bits per heavy atom. The molecule has 1 aromatic rings. The molecule has 1 fully saturated rings. The van der Waals surface area contributed by atoms with Crippen molar-refractivity contribution in [3.63, 3.8) is 0 Å². The molecular formula is C30H47N.